The Kier molecular flexibility index (Phi) is 8.67. The van der Waals surface area contributed by atoms with Gasteiger partial charge in [0.2, 0.25) is 0 Å². The van der Waals surface area contributed by atoms with E-state index in [2.05, 4.69) is 0 Å². The standard InChI is InChI=1S/C12H18O.C8H14O.C6H12O/c1-7(13)12-10-3-8-2-9(5-10)6-11(12)4-8;1-7(9)8-5-3-2-4-6-8;1-5(7)6(2,3)4/h8-12H,2-6H2,1H3;8H,2-6H2,1H3;1-4H3. The minimum absolute atomic E-state index is 0.139. The van der Waals surface area contributed by atoms with Crippen LogP contribution in [0.25, 0.3) is 0 Å². The van der Waals surface area contributed by atoms with Gasteiger partial charge in [0.15, 0.2) is 0 Å². The summed E-state index contributed by atoms with van der Waals surface area (Å²) < 4.78 is 0. The summed E-state index contributed by atoms with van der Waals surface area (Å²) in [6.45, 7) is 10.9. The molecule has 3 heteroatoms. The van der Waals surface area contributed by atoms with Crippen molar-refractivity contribution in [3.05, 3.63) is 0 Å². The molecule has 5 fully saturated rings. The second-order valence-electron chi connectivity index (χ2n) is 11.3. The first kappa shape index (κ1) is 24.3. The number of carbonyl (C=O) groups excluding carboxylic acids is 3. The molecular weight excluding hydrogens is 360 g/mol. The Morgan fingerprint density at radius 3 is 1.34 bits per heavy atom. The van der Waals surface area contributed by atoms with Crippen molar-refractivity contribution >= 4 is 17.3 Å². The zero-order chi connectivity index (χ0) is 21.8. The Morgan fingerprint density at radius 1 is 0.655 bits per heavy atom. The molecule has 0 aromatic heterocycles. The lowest BCUT2D eigenvalue weighted by Gasteiger charge is -2.53. The number of rotatable bonds is 2. The molecule has 0 saturated heterocycles. The highest BCUT2D eigenvalue weighted by Crippen LogP contribution is 2.56. The minimum atomic E-state index is -0.139. The van der Waals surface area contributed by atoms with Crippen LogP contribution >= 0.6 is 0 Å². The van der Waals surface area contributed by atoms with Gasteiger partial charge in [0.05, 0.1) is 0 Å². The molecule has 0 aromatic carbocycles. The van der Waals surface area contributed by atoms with Gasteiger partial charge in [0, 0.05) is 17.3 Å². The zero-order valence-electron chi connectivity index (χ0n) is 19.8. The fourth-order valence-electron chi connectivity index (χ4n) is 6.10. The molecular formula is C26H44O3. The molecule has 4 bridgehead atoms. The van der Waals surface area contributed by atoms with Gasteiger partial charge in [-0.25, -0.2) is 0 Å². The zero-order valence-corrected chi connectivity index (χ0v) is 19.8. The largest absolute Gasteiger partial charge is 0.300 e. The van der Waals surface area contributed by atoms with Gasteiger partial charge in [-0.2, -0.15) is 0 Å². The molecule has 5 aliphatic carbocycles. The molecule has 29 heavy (non-hydrogen) atoms. The predicted octanol–water partition coefficient (Wildman–Crippen LogP) is 6.42. The molecule has 0 spiro atoms. The van der Waals surface area contributed by atoms with Crippen molar-refractivity contribution in [3.8, 4) is 0 Å². The van der Waals surface area contributed by atoms with Crippen LogP contribution in [0.15, 0.2) is 0 Å². The Hall–Kier alpha value is -0.990. The highest BCUT2D eigenvalue weighted by Gasteiger charge is 2.49. The highest BCUT2D eigenvalue weighted by atomic mass is 16.1. The lowest BCUT2D eigenvalue weighted by molar-refractivity contribution is -0.133. The first-order chi connectivity index (χ1) is 13.5. The SMILES string of the molecule is CC(=O)C(C)(C)C.CC(=O)C1C2CC3CC(C2)CC1C3.CC(=O)C1CCCCC1. The number of Topliss-reactive ketones (excluding diaryl/α,β-unsaturated/α-hetero) is 3. The number of ketones is 3. The summed E-state index contributed by atoms with van der Waals surface area (Å²) in [5.74, 6) is 5.57. The van der Waals surface area contributed by atoms with Crippen LogP contribution in [0.1, 0.15) is 106 Å². The predicted molar refractivity (Wildman–Crippen MR) is 119 cm³/mol. The van der Waals surface area contributed by atoms with Crippen LogP contribution in [0.4, 0.5) is 0 Å². The summed E-state index contributed by atoms with van der Waals surface area (Å²) >= 11 is 0. The van der Waals surface area contributed by atoms with Crippen LogP contribution < -0.4 is 0 Å². The van der Waals surface area contributed by atoms with Gasteiger partial charge in [-0.15, -0.1) is 0 Å². The molecule has 0 unspecified atom stereocenters. The van der Waals surface area contributed by atoms with E-state index in [4.69, 9.17) is 0 Å². The van der Waals surface area contributed by atoms with Gasteiger partial charge in [-0.05, 0) is 89.4 Å². The maximum absolute atomic E-state index is 11.5. The number of carbonyl (C=O) groups is 3. The third kappa shape index (κ3) is 7.03. The second kappa shape index (κ2) is 10.4. The summed E-state index contributed by atoms with van der Waals surface area (Å²) in [6, 6.07) is 0. The maximum Gasteiger partial charge on any atom is 0.135 e. The van der Waals surface area contributed by atoms with Crippen molar-refractivity contribution in [2.75, 3.05) is 0 Å². The monoisotopic (exact) mass is 404 g/mol. The van der Waals surface area contributed by atoms with Gasteiger partial charge in [0.25, 0.3) is 0 Å². The Bertz CT molecular complexity index is 549. The quantitative estimate of drug-likeness (QED) is 0.533. The van der Waals surface area contributed by atoms with E-state index in [0.717, 1.165) is 36.5 Å². The van der Waals surface area contributed by atoms with Crippen molar-refractivity contribution in [2.45, 2.75) is 106 Å². The van der Waals surface area contributed by atoms with Crippen LogP contribution in [0.2, 0.25) is 0 Å². The average molecular weight is 405 g/mol. The minimum Gasteiger partial charge on any atom is -0.300 e. The van der Waals surface area contributed by atoms with E-state index >= 15 is 0 Å². The first-order valence-electron chi connectivity index (χ1n) is 12.0. The average Bonchev–Trinajstić information content (AvgIpc) is 2.61. The molecule has 0 amide bonds. The first-order valence-corrected chi connectivity index (χ1v) is 12.0. The normalized spacial score (nSPS) is 33.1. The molecule has 5 aliphatic rings. The molecule has 166 valence electrons. The highest BCUT2D eigenvalue weighted by molar-refractivity contribution is 5.81. The molecule has 5 rings (SSSR count). The molecule has 0 radical (unpaired) electrons. The summed E-state index contributed by atoms with van der Waals surface area (Å²) in [5.41, 5.74) is -0.139. The van der Waals surface area contributed by atoms with Crippen LogP contribution in [-0.2, 0) is 14.4 Å². The van der Waals surface area contributed by atoms with E-state index < -0.39 is 0 Å². The van der Waals surface area contributed by atoms with Crippen molar-refractivity contribution in [1.82, 2.24) is 0 Å². The molecule has 5 saturated carbocycles. The fraction of sp³-hybridized carbons (Fsp3) is 0.885. The second-order valence-corrected chi connectivity index (χ2v) is 11.3. The van der Waals surface area contributed by atoms with Gasteiger partial charge < -0.3 is 0 Å². The van der Waals surface area contributed by atoms with Crippen LogP contribution in [-0.4, -0.2) is 17.3 Å². The van der Waals surface area contributed by atoms with Crippen LogP contribution in [0.3, 0.4) is 0 Å². The summed E-state index contributed by atoms with van der Waals surface area (Å²) in [6.07, 6.45) is 13.1. The Balaban J connectivity index is 0.000000166. The van der Waals surface area contributed by atoms with Crippen molar-refractivity contribution in [1.29, 1.82) is 0 Å². The molecule has 0 aromatic rings. The van der Waals surface area contributed by atoms with E-state index in [1.807, 2.05) is 27.7 Å². The molecule has 0 heterocycles. The van der Waals surface area contributed by atoms with E-state index in [1.165, 1.54) is 51.4 Å². The lowest BCUT2D eigenvalue weighted by Crippen LogP contribution is -2.47. The topological polar surface area (TPSA) is 51.2 Å². The van der Waals surface area contributed by atoms with Crippen molar-refractivity contribution in [3.63, 3.8) is 0 Å². The van der Waals surface area contributed by atoms with Gasteiger partial charge >= 0.3 is 0 Å². The summed E-state index contributed by atoms with van der Waals surface area (Å²) in [4.78, 5) is 32.8. The molecule has 0 N–H and O–H groups in total. The summed E-state index contributed by atoms with van der Waals surface area (Å²) in [7, 11) is 0. The molecule has 3 nitrogen and oxygen atoms in total. The molecule has 0 atom stereocenters. The Labute approximate surface area is 178 Å². The fourth-order valence-corrected chi connectivity index (χ4v) is 6.10. The van der Waals surface area contributed by atoms with E-state index in [9.17, 15) is 14.4 Å². The molecule has 0 aliphatic heterocycles. The van der Waals surface area contributed by atoms with Crippen molar-refractivity contribution < 1.29 is 14.4 Å². The van der Waals surface area contributed by atoms with Crippen LogP contribution in [0, 0.1) is 40.9 Å². The van der Waals surface area contributed by atoms with E-state index in [0.29, 0.717) is 23.4 Å². The van der Waals surface area contributed by atoms with Crippen LogP contribution in [0.5, 0.6) is 0 Å². The smallest absolute Gasteiger partial charge is 0.135 e. The number of hydrogen-bond donors (Lipinski definition) is 0. The maximum atomic E-state index is 11.5. The lowest BCUT2D eigenvalue weighted by atomic mass is 9.51. The van der Waals surface area contributed by atoms with Crippen molar-refractivity contribution in [2.24, 2.45) is 40.9 Å². The van der Waals surface area contributed by atoms with Gasteiger partial charge in [-0.3, -0.25) is 14.4 Å². The van der Waals surface area contributed by atoms with Gasteiger partial charge in [0.1, 0.15) is 17.3 Å². The third-order valence-electron chi connectivity index (χ3n) is 7.93. The Morgan fingerprint density at radius 2 is 1.07 bits per heavy atom. The summed E-state index contributed by atoms with van der Waals surface area (Å²) in [5, 5.41) is 0. The third-order valence-corrected chi connectivity index (χ3v) is 7.93. The number of hydrogen-bond acceptors (Lipinski definition) is 3. The van der Waals surface area contributed by atoms with Gasteiger partial charge in [-0.1, -0.05) is 40.0 Å². The van der Waals surface area contributed by atoms with E-state index in [-0.39, 0.29) is 11.2 Å². The van der Waals surface area contributed by atoms with E-state index in [1.54, 1.807) is 13.8 Å².